The number of anilines is 1. The molecule has 0 radical (unpaired) electrons. The number of hydrogen-bond donors (Lipinski definition) is 3. The van der Waals surface area contributed by atoms with Gasteiger partial charge in [0.15, 0.2) is 5.84 Å². The minimum Gasteiger partial charge on any atom is -0.481 e. The molecule has 0 unspecified atom stereocenters. The van der Waals surface area contributed by atoms with Crippen molar-refractivity contribution in [2.75, 3.05) is 12.4 Å². The Morgan fingerprint density at radius 2 is 2.24 bits per heavy atom. The van der Waals surface area contributed by atoms with Crippen molar-refractivity contribution in [2.45, 2.75) is 6.54 Å². The van der Waals surface area contributed by atoms with Gasteiger partial charge >= 0.3 is 0 Å². The molecule has 0 atom stereocenters. The summed E-state index contributed by atoms with van der Waals surface area (Å²) in [5, 5.41) is 14.6. The van der Waals surface area contributed by atoms with Gasteiger partial charge in [-0.1, -0.05) is 5.16 Å². The van der Waals surface area contributed by atoms with E-state index in [2.05, 4.69) is 15.5 Å². The number of hydrogen-bond acceptors (Lipinski definition) is 5. The second kappa shape index (κ2) is 6.56. The minimum absolute atomic E-state index is 0.137. The number of nitrogens with one attached hydrogen (secondary N) is 1. The van der Waals surface area contributed by atoms with E-state index in [-0.39, 0.29) is 5.84 Å². The second-order valence-corrected chi connectivity index (χ2v) is 4.28. The van der Waals surface area contributed by atoms with Gasteiger partial charge in [0.1, 0.15) is 5.82 Å². The summed E-state index contributed by atoms with van der Waals surface area (Å²) >= 11 is 0. The number of halogens is 1. The van der Waals surface area contributed by atoms with Gasteiger partial charge in [0.25, 0.3) is 0 Å². The van der Waals surface area contributed by atoms with E-state index in [0.29, 0.717) is 23.6 Å². The lowest BCUT2D eigenvalue weighted by Gasteiger charge is -2.08. The van der Waals surface area contributed by atoms with Gasteiger partial charge in [0, 0.05) is 18.2 Å². The predicted molar refractivity (Wildman–Crippen MR) is 77.0 cm³/mol. The lowest BCUT2D eigenvalue weighted by molar-refractivity contribution is 0.318. The molecule has 21 heavy (non-hydrogen) atoms. The average molecular weight is 290 g/mol. The Morgan fingerprint density at radius 3 is 2.86 bits per heavy atom. The highest BCUT2D eigenvalue weighted by molar-refractivity contribution is 5.97. The molecule has 0 aliphatic heterocycles. The number of amidine groups is 1. The summed E-state index contributed by atoms with van der Waals surface area (Å²) in [6, 6.07) is 7.74. The highest BCUT2D eigenvalue weighted by Crippen LogP contribution is 2.14. The normalized spacial score (nSPS) is 11.2. The first-order chi connectivity index (χ1) is 10.1. The van der Waals surface area contributed by atoms with Gasteiger partial charge in [-0.25, -0.2) is 9.37 Å². The van der Waals surface area contributed by atoms with E-state index in [9.17, 15) is 4.39 Å². The van der Waals surface area contributed by atoms with Crippen LogP contribution in [0.15, 0.2) is 41.7 Å². The molecule has 6 nitrogen and oxygen atoms in total. The summed E-state index contributed by atoms with van der Waals surface area (Å²) in [7, 11) is 1.54. The number of rotatable bonds is 5. The first-order valence-electron chi connectivity index (χ1n) is 6.13. The molecule has 0 aliphatic carbocycles. The molecule has 0 saturated carbocycles. The van der Waals surface area contributed by atoms with E-state index in [1.807, 2.05) is 0 Å². The third-order valence-corrected chi connectivity index (χ3v) is 2.80. The van der Waals surface area contributed by atoms with Crippen molar-refractivity contribution < 1.29 is 14.3 Å². The van der Waals surface area contributed by atoms with E-state index in [1.54, 1.807) is 24.4 Å². The molecule has 0 saturated heterocycles. The fourth-order valence-electron chi connectivity index (χ4n) is 1.77. The zero-order chi connectivity index (χ0) is 15.2. The van der Waals surface area contributed by atoms with Gasteiger partial charge in [-0.3, -0.25) is 0 Å². The highest BCUT2D eigenvalue weighted by atomic mass is 19.1. The monoisotopic (exact) mass is 290 g/mol. The third-order valence-electron chi connectivity index (χ3n) is 2.80. The van der Waals surface area contributed by atoms with E-state index in [4.69, 9.17) is 15.7 Å². The maximum absolute atomic E-state index is 13.5. The van der Waals surface area contributed by atoms with Gasteiger partial charge in [-0.15, -0.1) is 0 Å². The molecule has 2 aromatic rings. The lowest BCUT2D eigenvalue weighted by atomic mass is 10.1. The first-order valence-corrected chi connectivity index (χ1v) is 6.13. The van der Waals surface area contributed by atoms with Crippen LogP contribution in [0.25, 0.3) is 0 Å². The molecule has 0 aliphatic rings. The second-order valence-electron chi connectivity index (χ2n) is 4.28. The predicted octanol–water partition coefficient (Wildman–Crippen LogP) is 1.94. The molecule has 2 rings (SSSR count). The van der Waals surface area contributed by atoms with Crippen molar-refractivity contribution in [1.29, 1.82) is 0 Å². The van der Waals surface area contributed by atoms with E-state index < -0.39 is 5.82 Å². The smallest absolute Gasteiger partial charge is 0.213 e. The van der Waals surface area contributed by atoms with Crippen molar-refractivity contribution in [1.82, 2.24) is 4.98 Å². The topological polar surface area (TPSA) is 92.8 Å². The van der Waals surface area contributed by atoms with Crippen LogP contribution in [0.5, 0.6) is 5.88 Å². The van der Waals surface area contributed by atoms with Crippen LogP contribution < -0.4 is 15.8 Å². The van der Waals surface area contributed by atoms with Gasteiger partial charge < -0.3 is 21.0 Å². The van der Waals surface area contributed by atoms with Crippen LogP contribution in [0.3, 0.4) is 0 Å². The number of nitrogens with two attached hydrogens (primary N) is 1. The molecule has 0 bridgehead atoms. The zero-order valence-corrected chi connectivity index (χ0v) is 11.4. The first kappa shape index (κ1) is 14.6. The maximum atomic E-state index is 13.5. The van der Waals surface area contributed by atoms with E-state index in [0.717, 1.165) is 5.69 Å². The number of aromatic nitrogens is 1. The highest BCUT2D eigenvalue weighted by Gasteiger charge is 2.05. The molecule has 7 heteroatoms. The molecule has 0 amide bonds. The summed E-state index contributed by atoms with van der Waals surface area (Å²) in [4.78, 5) is 4.06. The van der Waals surface area contributed by atoms with Gasteiger partial charge in [-0.2, -0.15) is 0 Å². The standard InChI is InChI=1S/C14H15FN4O2/c1-21-13-3-2-12(8-18-13)17-7-9-4-10(14(16)19-20)6-11(15)5-9/h2-6,8,17,20H,7H2,1H3,(H2,16,19). The van der Waals surface area contributed by atoms with Crippen molar-refractivity contribution in [3.63, 3.8) is 0 Å². The van der Waals surface area contributed by atoms with Gasteiger partial charge in [-0.05, 0) is 29.8 Å². The SMILES string of the molecule is COc1ccc(NCc2cc(F)cc(/C(N)=N/O)c2)cn1. The van der Waals surface area contributed by atoms with E-state index >= 15 is 0 Å². The third kappa shape index (κ3) is 3.82. The van der Waals surface area contributed by atoms with Crippen LogP contribution in [0.4, 0.5) is 10.1 Å². The van der Waals surface area contributed by atoms with Gasteiger partial charge in [0.05, 0.1) is 19.0 Å². The van der Waals surface area contributed by atoms with Crippen LogP contribution in [-0.2, 0) is 6.54 Å². The molecule has 110 valence electrons. The Hall–Kier alpha value is -2.83. The van der Waals surface area contributed by atoms with Crippen LogP contribution >= 0.6 is 0 Å². The quantitative estimate of drug-likeness (QED) is 0.339. The lowest BCUT2D eigenvalue weighted by Crippen LogP contribution is -2.14. The molecule has 1 aromatic carbocycles. The number of pyridine rings is 1. The molecule has 0 fully saturated rings. The fraction of sp³-hybridized carbons (Fsp3) is 0.143. The number of ether oxygens (including phenoxy) is 1. The fourth-order valence-corrected chi connectivity index (χ4v) is 1.77. The van der Waals surface area contributed by atoms with Gasteiger partial charge in [0.2, 0.25) is 5.88 Å². The van der Waals surface area contributed by atoms with E-state index in [1.165, 1.54) is 19.2 Å². The largest absolute Gasteiger partial charge is 0.481 e. The maximum Gasteiger partial charge on any atom is 0.213 e. The number of benzene rings is 1. The Labute approximate surface area is 121 Å². The molecule has 0 spiro atoms. The van der Waals surface area contributed by atoms with Crippen LogP contribution in [-0.4, -0.2) is 23.1 Å². The molecule has 1 aromatic heterocycles. The Bertz CT molecular complexity index is 644. The van der Waals surface area contributed by atoms with Crippen molar-refractivity contribution in [3.05, 3.63) is 53.5 Å². The minimum atomic E-state index is -0.455. The van der Waals surface area contributed by atoms with Crippen molar-refractivity contribution in [2.24, 2.45) is 10.9 Å². The molecule has 4 N–H and O–H groups in total. The summed E-state index contributed by atoms with van der Waals surface area (Å²) < 4.78 is 18.5. The van der Waals surface area contributed by atoms with Crippen LogP contribution in [0, 0.1) is 5.82 Å². The van der Waals surface area contributed by atoms with Crippen LogP contribution in [0.2, 0.25) is 0 Å². The number of nitrogens with zero attached hydrogens (tertiary/aromatic N) is 2. The van der Waals surface area contributed by atoms with Crippen LogP contribution in [0.1, 0.15) is 11.1 Å². The summed E-state index contributed by atoms with van der Waals surface area (Å²) in [5.74, 6) is -0.0776. The Morgan fingerprint density at radius 1 is 1.43 bits per heavy atom. The van der Waals surface area contributed by atoms with Crippen molar-refractivity contribution >= 4 is 11.5 Å². The molecule has 1 heterocycles. The number of oxime groups is 1. The average Bonchev–Trinajstić information content (AvgIpc) is 2.52. The molecular weight excluding hydrogens is 275 g/mol. The number of methoxy groups -OCH3 is 1. The summed E-state index contributed by atoms with van der Waals surface area (Å²) in [6.07, 6.45) is 1.61. The molecular formula is C14H15FN4O2. The zero-order valence-electron chi connectivity index (χ0n) is 11.4. The summed E-state index contributed by atoms with van der Waals surface area (Å²) in [5.41, 5.74) is 7.21. The summed E-state index contributed by atoms with van der Waals surface area (Å²) in [6.45, 7) is 0.372. The Kier molecular flexibility index (Phi) is 4.55. The van der Waals surface area contributed by atoms with Crippen molar-refractivity contribution in [3.8, 4) is 5.88 Å². The Balaban J connectivity index is 2.10.